The molecule has 3 N–H and O–H groups in total. The third kappa shape index (κ3) is 3.03. The number of hydrogen-bond donors (Lipinski definition) is 2. The zero-order valence-corrected chi connectivity index (χ0v) is 11.0. The van der Waals surface area contributed by atoms with E-state index in [2.05, 4.69) is 30.3 Å². The molecular weight excluding hydrogens is 224 g/mol. The van der Waals surface area contributed by atoms with Crippen LogP contribution in [-0.4, -0.2) is 16.3 Å². The van der Waals surface area contributed by atoms with Crippen molar-refractivity contribution in [2.45, 2.75) is 26.8 Å². The number of nitrogen functional groups attached to an aromatic ring is 1. The van der Waals surface area contributed by atoms with Crippen molar-refractivity contribution in [1.29, 1.82) is 0 Å². The topological polar surface area (TPSA) is 55.9 Å². The minimum atomic E-state index is 0.817. The number of rotatable bonds is 5. The molecule has 1 aromatic heterocycles. The second-order valence-electron chi connectivity index (χ2n) is 4.57. The molecule has 2 rings (SSSR count). The maximum atomic E-state index is 5.99. The van der Waals surface area contributed by atoms with Crippen LogP contribution in [0.2, 0.25) is 0 Å². The largest absolute Gasteiger partial charge is 0.397 e. The van der Waals surface area contributed by atoms with Gasteiger partial charge in [-0.1, -0.05) is 0 Å². The molecule has 0 atom stereocenters. The molecule has 96 valence electrons. The smallest absolute Gasteiger partial charge is 0.0576 e. The molecule has 0 unspecified atom stereocenters. The summed E-state index contributed by atoms with van der Waals surface area (Å²) in [6.07, 6.45) is 4.80. The number of benzene rings is 1. The van der Waals surface area contributed by atoms with E-state index in [1.54, 1.807) is 6.20 Å². The van der Waals surface area contributed by atoms with Crippen LogP contribution in [0.25, 0.3) is 0 Å². The molecule has 4 nitrogen and oxygen atoms in total. The second kappa shape index (κ2) is 5.58. The summed E-state index contributed by atoms with van der Waals surface area (Å²) >= 11 is 0. The first-order valence-electron chi connectivity index (χ1n) is 6.25. The highest BCUT2D eigenvalue weighted by molar-refractivity contribution is 5.68. The minimum Gasteiger partial charge on any atom is -0.397 e. The first kappa shape index (κ1) is 12.5. The Labute approximate surface area is 108 Å². The summed E-state index contributed by atoms with van der Waals surface area (Å²) in [5.74, 6) is 0. The van der Waals surface area contributed by atoms with Gasteiger partial charge in [-0.05, 0) is 49.6 Å². The fraction of sp³-hybridized carbons (Fsp3) is 0.357. The van der Waals surface area contributed by atoms with Gasteiger partial charge in [0.05, 0.1) is 11.4 Å². The lowest BCUT2D eigenvalue weighted by Gasteiger charge is -2.12. The van der Waals surface area contributed by atoms with Crippen LogP contribution in [0.3, 0.4) is 0 Å². The third-order valence-electron chi connectivity index (χ3n) is 3.10. The summed E-state index contributed by atoms with van der Waals surface area (Å²) in [5, 5.41) is 7.55. The molecular formula is C14H20N4. The van der Waals surface area contributed by atoms with E-state index in [0.717, 1.165) is 30.9 Å². The van der Waals surface area contributed by atoms with Crippen molar-refractivity contribution >= 4 is 11.4 Å². The van der Waals surface area contributed by atoms with Gasteiger partial charge in [0.25, 0.3) is 0 Å². The molecule has 2 aromatic rings. The number of nitrogens with one attached hydrogen (secondary N) is 1. The average Bonchev–Trinajstić information content (AvgIpc) is 2.84. The Morgan fingerprint density at radius 2 is 2.06 bits per heavy atom. The van der Waals surface area contributed by atoms with Crippen molar-refractivity contribution in [2.75, 3.05) is 17.6 Å². The van der Waals surface area contributed by atoms with Gasteiger partial charge in [0.2, 0.25) is 0 Å². The van der Waals surface area contributed by atoms with Crippen molar-refractivity contribution in [3.05, 3.63) is 41.7 Å². The molecule has 0 aliphatic heterocycles. The van der Waals surface area contributed by atoms with Gasteiger partial charge in [-0.2, -0.15) is 5.10 Å². The summed E-state index contributed by atoms with van der Waals surface area (Å²) in [7, 11) is 0. The van der Waals surface area contributed by atoms with Crippen LogP contribution in [0.15, 0.2) is 30.6 Å². The standard InChI is InChI=1S/C14H20N4/c1-11-9-13(15)14(10-12(11)2)16-5-3-7-18-8-4-6-17-18/h4,6,8-10,16H,3,5,7,15H2,1-2H3. The molecule has 0 aliphatic rings. The number of nitrogens with zero attached hydrogens (tertiary/aromatic N) is 2. The highest BCUT2D eigenvalue weighted by Crippen LogP contribution is 2.22. The normalized spacial score (nSPS) is 10.6. The molecule has 0 radical (unpaired) electrons. The molecule has 0 fully saturated rings. The van der Waals surface area contributed by atoms with E-state index in [1.807, 2.05) is 23.0 Å². The van der Waals surface area contributed by atoms with Gasteiger partial charge in [-0.3, -0.25) is 4.68 Å². The Morgan fingerprint density at radius 1 is 1.28 bits per heavy atom. The van der Waals surface area contributed by atoms with Gasteiger partial charge in [0, 0.05) is 25.5 Å². The SMILES string of the molecule is Cc1cc(N)c(NCCCn2cccn2)cc1C. The van der Waals surface area contributed by atoms with Crippen LogP contribution in [0.5, 0.6) is 0 Å². The van der Waals surface area contributed by atoms with Crippen LogP contribution in [0.1, 0.15) is 17.5 Å². The summed E-state index contributed by atoms with van der Waals surface area (Å²) in [6, 6.07) is 6.07. The molecule has 0 saturated carbocycles. The van der Waals surface area contributed by atoms with E-state index in [4.69, 9.17) is 5.73 Å². The number of aromatic nitrogens is 2. The van der Waals surface area contributed by atoms with Gasteiger partial charge in [0.1, 0.15) is 0 Å². The Kier molecular flexibility index (Phi) is 3.87. The van der Waals surface area contributed by atoms with E-state index in [9.17, 15) is 0 Å². The molecule has 0 amide bonds. The maximum Gasteiger partial charge on any atom is 0.0576 e. The number of aryl methyl sites for hydroxylation is 3. The fourth-order valence-electron chi connectivity index (χ4n) is 1.89. The van der Waals surface area contributed by atoms with Crippen molar-refractivity contribution in [3.63, 3.8) is 0 Å². The van der Waals surface area contributed by atoms with Crippen molar-refractivity contribution in [3.8, 4) is 0 Å². The summed E-state index contributed by atoms with van der Waals surface area (Å²) < 4.78 is 1.94. The van der Waals surface area contributed by atoms with Crippen LogP contribution < -0.4 is 11.1 Å². The maximum absolute atomic E-state index is 5.99. The number of anilines is 2. The highest BCUT2D eigenvalue weighted by Gasteiger charge is 2.01. The van der Waals surface area contributed by atoms with E-state index >= 15 is 0 Å². The van der Waals surface area contributed by atoms with E-state index < -0.39 is 0 Å². The fourth-order valence-corrected chi connectivity index (χ4v) is 1.89. The predicted octanol–water partition coefficient (Wildman–Crippen LogP) is 2.58. The summed E-state index contributed by atoms with van der Waals surface area (Å²) in [6.45, 7) is 5.99. The highest BCUT2D eigenvalue weighted by atomic mass is 15.3. The van der Waals surface area contributed by atoms with Crippen molar-refractivity contribution in [2.24, 2.45) is 0 Å². The van der Waals surface area contributed by atoms with Crippen LogP contribution >= 0.6 is 0 Å². The van der Waals surface area contributed by atoms with Gasteiger partial charge in [0.15, 0.2) is 0 Å². The Balaban J connectivity index is 1.85. The minimum absolute atomic E-state index is 0.817. The first-order valence-corrected chi connectivity index (χ1v) is 6.25. The molecule has 4 heteroatoms. The summed E-state index contributed by atoms with van der Waals surface area (Å²) in [4.78, 5) is 0. The van der Waals surface area contributed by atoms with Crippen LogP contribution in [0.4, 0.5) is 11.4 Å². The van der Waals surface area contributed by atoms with Crippen LogP contribution in [-0.2, 0) is 6.54 Å². The molecule has 0 saturated heterocycles. The zero-order valence-electron chi connectivity index (χ0n) is 11.0. The van der Waals surface area contributed by atoms with Gasteiger partial charge in [-0.15, -0.1) is 0 Å². The molecule has 1 aromatic carbocycles. The van der Waals surface area contributed by atoms with Crippen molar-refractivity contribution in [1.82, 2.24) is 9.78 Å². The zero-order chi connectivity index (χ0) is 13.0. The van der Waals surface area contributed by atoms with Gasteiger partial charge in [-0.25, -0.2) is 0 Å². The number of nitrogens with two attached hydrogens (primary N) is 1. The molecule has 1 heterocycles. The quantitative estimate of drug-likeness (QED) is 0.628. The van der Waals surface area contributed by atoms with E-state index in [1.165, 1.54) is 11.1 Å². The predicted molar refractivity (Wildman–Crippen MR) is 75.7 cm³/mol. The van der Waals surface area contributed by atoms with E-state index in [0.29, 0.717) is 0 Å². The summed E-state index contributed by atoms with van der Waals surface area (Å²) in [5.41, 5.74) is 10.3. The lowest BCUT2D eigenvalue weighted by atomic mass is 10.1. The van der Waals surface area contributed by atoms with Gasteiger partial charge < -0.3 is 11.1 Å². The van der Waals surface area contributed by atoms with E-state index in [-0.39, 0.29) is 0 Å². The Bertz CT molecular complexity index is 503. The molecule has 0 bridgehead atoms. The lowest BCUT2D eigenvalue weighted by Crippen LogP contribution is -2.08. The Hall–Kier alpha value is -1.97. The Morgan fingerprint density at radius 3 is 2.78 bits per heavy atom. The molecule has 0 spiro atoms. The second-order valence-corrected chi connectivity index (χ2v) is 4.57. The molecule has 18 heavy (non-hydrogen) atoms. The lowest BCUT2D eigenvalue weighted by molar-refractivity contribution is 0.592. The first-order chi connectivity index (χ1) is 8.66. The average molecular weight is 244 g/mol. The molecule has 0 aliphatic carbocycles. The van der Waals surface area contributed by atoms with Gasteiger partial charge >= 0.3 is 0 Å². The third-order valence-corrected chi connectivity index (χ3v) is 3.10. The number of hydrogen-bond acceptors (Lipinski definition) is 3. The van der Waals surface area contributed by atoms with Crippen molar-refractivity contribution < 1.29 is 0 Å². The van der Waals surface area contributed by atoms with Crippen LogP contribution in [0, 0.1) is 13.8 Å². The monoisotopic (exact) mass is 244 g/mol.